The van der Waals surface area contributed by atoms with Crippen molar-refractivity contribution in [3.63, 3.8) is 0 Å². The molecule has 0 heteroatoms. The van der Waals surface area contributed by atoms with E-state index < -0.39 is 0 Å². The Kier molecular flexibility index (Phi) is 1.63. The zero-order valence-electron chi connectivity index (χ0n) is 7.35. The fourth-order valence-electron chi connectivity index (χ4n) is 2.19. The van der Waals surface area contributed by atoms with Crippen molar-refractivity contribution in [3.8, 4) is 0 Å². The zero-order valence-corrected chi connectivity index (χ0v) is 7.35. The Morgan fingerprint density at radius 2 is 2.18 bits per heavy atom. The smallest absolute Gasteiger partial charge is 0.0197 e. The summed E-state index contributed by atoms with van der Waals surface area (Å²) in [7, 11) is 0. The van der Waals surface area contributed by atoms with Gasteiger partial charge in [-0.2, -0.15) is 0 Å². The van der Waals surface area contributed by atoms with Gasteiger partial charge in [-0.05, 0) is 30.8 Å². The monoisotopic (exact) mass is 147 g/mol. The van der Waals surface area contributed by atoms with Gasteiger partial charge in [0.15, 0.2) is 0 Å². The lowest BCUT2D eigenvalue weighted by Gasteiger charge is -2.22. The highest BCUT2D eigenvalue weighted by molar-refractivity contribution is 5.49. The van der Waals surface area contributed by atoms with E-state index in [0.29, 0.717) is 0 Å². The highest BCUT2D eigenvalue weighted by atomic mass is 14.3. The van der Waals surface area contributed by atoms with Crippen LogP contribution in [0.15, 0.2) is 23.3 Å². The molecule has 1 unspecified atom stereocenters. The van der Waals surface area contributed by atoms with Gasteiger partial charge in [-0.25, -0.2) is 0 Å². The van der Waals surface area contributed by atoms with Crippen LogP contribution in [0.5, 0.6) is 0 Å². The van der Waals surface area contributed by atoms with Crippen LogP contribution in [0.3, 0.4) is 0 Å². The standard InChI is InChI=1S/C11H15/c1-8-4-3-5-10-9(2)6-7-11(8)10/h6-8H,3-5H2,1-2H3. The maximum atomic E-state index is 2.34. The minimum atomic E-state index is 0.812. The molecule has 0 spiro atoms. The molecule has 59 valence electrons. The molecule has 0 aliphatic heterocycles. The third-order valence-corrected chi connectivity index (χ3v) is 2.93. The van der Waals surface area contributed by atoms with Crippen molar-refractivity contribution in [1.82, 2.24) is 0 Å². The first-order chi connectivity index (χ1) is 5.29. The summed E-state index contributed by atoms with van der Waals surface area (Å²) >= 11 is 0. The Morgan fingerprint density at radius 1 is 1.36 bits per heavy atom. The van der Waals surface area contributed by atoms with Crippen LogP contribution in [0.4, 0.5) is 0 Å². The highest BCUT2D eigenvalue weighted by Gasteiger charge is 2.23. The lowest BCUT2D eigenvalue weighted by molar-refractivity contribution is 0.549. The van der Waals surface area contributed by atoms with Crippen LogP contribution >= 0.6 is 0 Å². The van der Waals surface area contributed by atoms with Crippen molar-refractivity contribution >= 4 is 0 Å². The van der Waals surface area contributed by atoms with Gasteiger partial charge in [0.1, 0.15) is 0 Å². The highest BCUT2D eigenvalue weighted by Crippen LogP contribution is 2.39. The largest absolute Gasteiger partial charge is 0.0731 e. The predicted octanol–water partition coefficient (Wildman–Crippen LogP) is 3.27. The minimum absolute atomic E-state index is 0.812. The van der Waals surface area contributed by atoms with Gasteiger partial charge in [-0.3, -0.25) is 0 Å². The van der Waals surface area contributed by atoms with Crippen molar-refractivity contribution in [3.05, 3.63) is 29.2 Å². The fraction of sp³-hybridized carbons (Fsp3) is 0.545. The summed E-state index contributed by atoms with van der Waals surface area (Å²) < 4.78 is 0. The van der Waals surface area contributed by atoms with E-state index in [1.807, 2.05) is 0 Å². The molecule has 1 radical (unpaired) electrons. The van der Waals surface area contributed by atoms with Crippen LogP contribution in [-0.2, 0) is 0 Å². The average Bonchev–Trinajstić information content (AvgIpc) is 2.35. The first-order valence-electron chi connectivity index (χ1n) is 4.54. The minimum Gasteiger partial charge on any atom is -0.0731 e. The number of rotatable bonds is 0. The second-order valence-corrected chi connectivity index (χ2v) is 3.74. The maximum Gasteiger partial charge on any atom is 0.0197 e. The molecular weight excluding hydrogens is 132 g/mol. The van der Waals surface area contributed by atoms with Crippen LogP contribution in [0.1, 0.15) is 33.1 Å². The molecule has 2 aliphatic rings. The average molecular weight is 147 g/mol. The van der Waals surface area contributed by atoms with Crippen molar-refractivity contribution in [2.75, 3.05) is 0 Å². The third kappa shape index (κ3) is 1.05. The predicted molar refractivity (Wildman–Crippen MR) is 48.1 cm³/mol. The van der Waals surface area contributed by atoms with Crippen LogP contribution in [0, 0.1) is 11.8 Å². The van der Waals surface area contributed by atoms with E-state index in [1.165, 1.54) is 25.2 Å². The second kappa shape index (κ2) is 2.51. The van der Waals surface area contributed by atoms with Crippen molar-refractivity contribution in [2.45, 2.75) is 33.1 Å². The fourth-order valence-corrected chi connectivity index (χ4v) is 2.19. The van der Waals surface area contributed by atoms with E-state index in [9.17, 15) is 0 Å². The van der Waals surface area contributed by atoms with Crippen LogP contribution in [-0.4, -0.2) is 0 Å². The van der Waals surface area contributed by atoms with Gasteiger partial charge in [-0.1, -0.05) is 31.6 Å². The van der Waals surface area contributed by atoms with E-state index in [4.69, 9.17) is 0 Å². The van der Waals surface area contributed by atoms with Gasteiger partial charge < -0.3 is 0 Å². The van der Waals surface area contributed by atoms with E-state index in [1.54, 1.807) is 11.1 Å². The van der Waals surface area contributed by atoms with E-state index in [0.717, 1.165) is 5.92 Å². The molecular formula is C11H15. The van der Waals surface area contributed by atoms with E-state index in [-0.39, 0.29) is 0 Å². The molecule has 0 saturated carbocycles. The van der Waals surface area contributed by atoms with Gasteiger partial charge >= 0.3 is 0 Å². The molecule has 0 nitrogen and oxygen atoms in total. The molecule has 0 aromatic carbocycles. The Hall–Kier alpha value is -0.520. The van der Waals surface area contributed by atoms with Gasteiger partial charge in [-0.15, -0.1) is 0 Å². The first-order valence-corrected chi connectivity index (χ1v) is 4.54. The summed E-state index contributed by atoms with van der Waals surface area (Å²) in [6.45, 7) is 4.58. The second-order valence-electron chi connectivity index (χ2n) is 3.74. The summed E-state index contributed by atoms with van der Waals surface area (Å²) in [5, 5.41) is 0. The van der Waals surface area contributed by atoms with Crippen LogP contribution in [0.25, 0.3) is 0 Å². The molecule has 0 bridgehead atoms. The molecule has 0 heterocycles. The van der Waals surface area contributed by atoms with E-state index >= 15 is 0 Å². The molecule has 11 heavy (non-hydrogen) atoms. The molecule has 2 aliphatic carbocycles. The zero-order chi connectivity index (χ0) is 7.84. The normalized spacial score (nSPS) is 31.3. The lowest BCUT2D eigenvalue weighted by Crippen LogP contribution is -2.07. The molecule has 0 fully saturated rings. The summed E-state index contributed by atoms with van der Waals surface area (Å²) in [4.78, 5) is 0. The topological polar surface area (TPSA) is 0 Å². The van der Waals surface area contributed by atoms with Gasteiger partial charge in [0.05, 0.1) is 0 Å². The van der Waals surface area contributed by atoms with Crippen molar-refractivity contribution < 1.29 is 0 Å². The molecule has 0 aromatic heterocycles. The van der Waals surface area contributed by atoms with Crippen molar-refractivity contribution in [1.29, 1.82) is 0 Å². The summed E-state index contributed by atoms with van der Waals surface area (Å²) in [5.41, 5.74) is 3.26. The summed E-state index contributed by atoms with van der Waals surface area (Å²) in [6.07, 6.45) is 8.68. The number of hydrogen-bond acceptors (Lipinski definition) is 0. The van der Waals surface area contributed by atoms with Gasteiger partial charge in [0, 0.05) is 5.92 Å². The van der Waals surface area contributed by atoms with Gasteiger partial charge in [0.25, 0.3) is 0 Å². The molecule has 0 aromatic rings. The molecule has 0 N–H and O–H groups in total. The van der Waals surface area contributed by atoms with Crippen molar-refractivity contribution in [2.24, 2.45) is 5.92 Å². The van der Waals surface area contributed by atoms with E-state index in [2.05, 4.69) is 26.0 Å². The Labute approximate surface area is 69.0 Å². The summed E-state index contributed by atoms with van der Waals surface area (Å²) in [6, 6.07) is 0. The van der Waals surface area contributed by atoms with Crippen LogP contribution in [0.2, 0.25) is 0 Å². The Morgan fingerprint density at radius 3 is 2.91 bits per heavy atom. The quantitative estimate of drug-likeness (QED) is 0.493. The maximum absolute atomic E-state index is 2.34. The Balaban J connectivity index is 2.32. The lowest BCUT2D eigenvalue weighted by atomic mass is 9.83. The molecule has 0 saturated heterocycles. The third-order valence-electron chi connectivity index (χ3n) is 2.93. The molecule has 0 amide bonds. The van der Waals surface area contributed by atoms with Gasteiger partial charge in [0.2, 0.25) is 0 Å². The first kappa shape index (κ1) is 7.15. The molecule has 2 rings (SSSR count). The number of hydrogen-bond donors (Lipinski definition) is 0. The summed E-state index contributed by atoms with van der Waals surface area (Å²) in [5.74, 6) is 2.32. The molecule has 1 atom stereocenters. The van der Waals surface area contributed by atoms with Crippen LogP contribution < -0.4 is 0 Å². The number of allylic oxidation sites excluding steroid dienone is 4. The Bertz CT molecular complexity index is 220. The SMILES string of the molecule is C[C]1C=CC2=C1CCCC2C.